The van der Waals surface area contributed by atoms with Crippen molar-refractivity contribution in [3.63, 3.8) is 0 Å². The molecule has 1 unspecified atom stereocenters. The molecule has 1 atom stereocenters. The molecule has 0 bridgehead atoms. The molecule has 2 aromatic carbocycles. The summed E-state index contributed by atoms with van der Waals surface area (Å²) in [7, 11) is 1.32. The van der Waals surface area contributed by atoms with Crippen molar-refractivity contribution in [2.45, 2.75) is 5.92 Å². The number of rotatable bonds is 4. The van der Waals surface area contributed by atoms with E-state index < -0.39 is 17.5 Å². The SMILES string of the molecule is COc1cc(C(=O)C(C#N)c2ccccc2Br)ccc1F. The molecule has 0 saturated heterocycles. The number of halogens is 2. The highest BCUT2D eigenvalue weighted by Crippen LogP contribution is 2.29. The molecule has 0 aromatic heterocycles. The molecule has 0 aliphatic carbocycles. The summed E-state index contributed by atoms with van der Waals surface area (Å²) in [5, 5.41) is 9.32. The van der Waals surface area contributed by atoms with Crippen molar-refractivity contribution in [1.29, 1.82) is 5.26 Å². The number of nitrogens with zero attached hydrogens (tertiary/aromatic N) is 1. The van der Waals surface area contributed by atoms with E-state index >= 15 is 0 Å². The van der Waals surface area contributed by atoms with Gasteiger partial charge in [0.2, 0.25) is 0 Å². The van der Waals surface area contributed by atoms with E-state index in [-0.39, 0.29) is 11.3 Å². The first-order valence-corrected chi connectivity index (χ1v) is 6.89. The molecule has 0 fully saturated rings. The first-order chi connectivity index (χ1) is 10.1. The lowest BCUT2D eigenvalue weighted by Crippen LogP contribution is -2.12. The largest absolute Gasteiger partial charge is 0.494 e. The Bertz CT molecular complexity index is 724. The van der Waals surface area contributed by atoms with Crippen LogP contribution >= 0.6 is 15.9 Å². The summed E-state index contributed by atoms with van der Waals surface area (Å²) in [4.78, 5) is 12.5. The monoisotopic (exact) mass is 347 g/mol. The van der Waals surface area contributed by atoms with Gasteiger partial charge in [-0.1, -0.05) is 34.1 Å². The molecule has 0 heterocycles. The Balaban J connectivity index is 2.43. The molecule has 2 aromatic rings. The van der Waals surface area contributed by atoms with Gasteiger partial charge < -0.3 is 4.74 Å². The summed E-state index contributed by atoms with van der Waals surface area (Å²) in [6.45, 7) is 0. The van der Waals surface area contributed by atoms with Gasteiger partial charge in [0.15, 0.2) is 17.3 Å². The van der Waals surface area contributed by atoms with Crippen LogP contribution in [-0.4, -0.2) is 12.9 Å². The molecule has 0 aliphatic rings. The molecular formula is C16H11BrFNO2. The first-order valence-electron chi connectivity index (χ1n) is 6.10. The molecule has 0 saturated carbocycles. The molecular weight excluding hydrogens is 337 g/mol. The molecule has 0 radical (unpaired) electrons. The Morgan fingerprint density at radius 1 is 1.33 bits per heavy atom. The van der Waals surface area contributed by atoms with Gasteiger partial charge in [0, 0.05) is 10.0 Å². The van der Waals surface area contributed by atoms with Crippen LogP contribution in [0.5, 0.6) is 5.75 Å². The lowest BCUT2D eigenvalue weighted by atomic mass is 9.92. The maximum Gasteiger partial charge on any atom is 0.184 e. The fourth-order valence-electron chi connectivity index (χ4n) is 1.96. The van der Waals surface area contributed by atoms with Crippen LogP contribution in [-0.2, 0) is 0 Å². The lowest BCUT2D eigenvalue weighted by Gasteiger charge is -2.11. The molecule has 0 spiro atoms. The van der Waals surface area contributed by atoms with Crippen LogP contribution in [0.25, 0.3) is 0 Å². The summed E-state index contributed by atoms with van der Waals surface area (Å²) in [5.74, 6) is -1.94. The van der Waals surface area contributed by atoms with E-state index in [9.17, 15) is 14.4 Å². The third-order valence-electron chi connectivity index (χ3n) is 3.04. The number of hydrogen-bond donors (Lipinski definition) is 0. The smallest absolute Gasteiger partial charge is 0.184 e. The predicted molar refractivity (Wildman–Crippen MR) is 79.8 cm³/mol. The lowest BCUT2D eigenvalue weighted by molar-refractivity contribution is 0.0978. The number of hydrogen-bond acceptors (Lipinski definition) is 3. The molecule has 0 aliphatic heterocycles. The molecule has 21 heavy (non-hydrogen) atoms. The van der Waals surface area contributed by atoms with E-state index in [1.54, 1.807) is 24.3 Å². The molecule has 2 rings (SSSR count). The summed E-state index contributed by atoms with van der Waals surface area (Å²) in [5.41, 5.74) is 0.809. The fraction of sp³-hybridized carbons (Fsp3) is 0.125. The van der Waals surface area contributed by atoms with Gasteiger partial charge in [-0.15, -0.1) is 0 Å². The molecule has 5 heteroatoms. The highest BCUT2D eigenvalue weighted by molar-refractivity contribution is 9.10. The average molecular weight is 348 g/mol. The van der Waals surface area contributed by atoms with Crippen LogP contribution in [0.2, 0.25) is 0 Å². The third-order valence-corrected chi connectivity index (χ3v) is 3.77. The zero-order valence-corrected chi connectivity index (χ0v) is 12.7. The van der Waals surface area contributed by atoms with Crippen LogP contribution in [0, 0.1) is 17.1 Å². The van der Waals surface area contributed by atoms with E-state index in [1.807, 2.05) is 6.07 Å². The Hall–Kier alpha value is -2.19. The Kier molecular flexibility index (Phi) is 4.71. The highest BCUT2D eigenvalue weighted by Gasteiger charge is 2.24. The number of benzene rings is 2. The predicted octanol–water partition coefficient (Wildman–Crippen LogP) is 4.09. The quantitative estimate of drug-likeness (QED) is 0.782. The molecule has 106 valence electrons. The van der Waals surface area contributed by atoms with E-state index in [0.29, 0.717) is 10.0 Å². The second-order valence-electron chi connectivity index (χ2n) is 4.30. The van der Waals surface area contributed by atoms with Crippen LogP contribution in [0.1, 0.15) is 21.8 Å². The van der Waals surface area contributed by atoms with Gasteiger partial charge in [0.05, 0.1) is 13.2 Å². The molecule has 0 N–H and O–H groups in total. The van der Waals surface area contributed by atoms with Crippen LogP contribution in [0.15, 0.2) is 46.9 Å². The minimum absolute atomic E-state index is 0.0235. The molecule has 3 nitrogen and oxygen atoms in total. The summed E-state index contributed by atoms with van der Waals surface area (Å²) < 4.78 is 18.9. The second kappa shape index (κ2) is 6.51. The van der Waals surface area contributed by atoms with Crippen LogP contribution < -0.4 is 4.74 Å². The number of methoxy groups -OCH3 is 1. The number of Topliss-reactive ketones (excluding diaryl/α,β-unsaturated/α-hetero) is 1. The third kappa shape index (κ3) is 3.11. The average Bonchev–Trinajstić information content (AvgIpc) is 2.50. The fourth-order valence-corrected chi connectivity index (χ4v) is 2.47. The van der Waals surface area contributed by atoms with Gasteiger partial charge in [-0.2, -0.15) is 5.26 Å². The van der Waals surface area contributed by atoms with Gasteiger partial charge >= 0.3 is 0 Å². The normalized spacial score (nSPS) is 11.5. The van der Waals surface area contributed by atoms with Crippen molar-refractivity contribution in [3.8, 4) is 11.8 Å². The zero-order chi connectivity index (χ0) is 15.4. The van der Waals surface area contributed by atoms with Gasteiger partial charge in [0.25, 0.3) is 0 Å². The first kappa shape index (κ1) is 15.2. The van der Waals surface area contributed by atoms with E-state index in [0.717, 1.165) is 6.07 Å². The van der Waals surface area contributed by atoms with Gasteiger partial charge in [-0.25, -0.2) is 4.39 Å². The number of carbonyl (C=O) groups is 1. The summed E-state index contributed by atoms with van der Waals surface area (Å²) >= 11 is 3.33. The van der Waals surface area contributed by atoms with E-state index in [2.05, 4.69) is 15.9 Å². The summed E-state index contributed by atoms with van der Waals surface area (Å²) in [6.07, 6.45) is 0. The maximum absolute atomic E-state index is 13.4. The number of carbonyl (C=O) groups excluding carboxylic acids is 1. The van der Waals surface area contributed by atoms with Crippen LogP contribution in [0.4, 0.5) is 4.39 Å². The van der Waals surface area contributed by atoms with Gasteiger partial charge in [0.1, 0.15) is 5.92 Å². The highest BCUT2D eigenvalue weighted by atomic mass is 79.9. The van der Waals surface area contributed by atoms with Gasteiger partial charge in [-0.05, 0) is 29.8 Å². The van der Waals surface area contributed by atoms with Crippen molar-refractivity contribution in [1.82, 2.24) is 0 Å². The Labute approximate surface area is 130 Å². The van der Waals surface area contributed by atoms with Crippen LogP contribution in [0.3, 0.4) is 0 Å². The standard InChI is InChI=1S/C16H11BrFNO2/c1-21-15-8-10(6-7-14(15)18)16(20)12(9-19)11-4-2-3-5-13(11)17/h2-8,12H,1H3. The van der Waals surface area contributed by atoms with Crippen molar-refractivity contribution in [2.24, 2.45) is 0 Å². The summed E-state index contributed by atoms with van der Waals surface area (Å²) in [6, 6.07) is 12.8. The minimum atomic E-state index is -0.962. The van der Waals surface area contributed by atoms with Crippen molar-refractivity contribution in [2.75, 3.05) is 7.11 Å². The Morgan fingerprint density at radius 2 is 2.05 bits per heavy atom. The number of ketones is 1. The van der Waals surface area contributed by atoms with Crippen molar-refractivity contribution < 1.29 is 13.9 Å². The van der Waals surface area contributed by atoms with Crippen molar-refractivity contribution >= 4 is 21.7 Å². The molecule has 0 amide bonds. The Morgan fingerprint density at radius 3 is 2.67 bits per heavy atom. The second-order valence-corrected chi connectivity index (χ2v) is 5.15. The van der Waals surface area contributed by atoms with Gasteiger partial charge in [-0.3, -0.25) is 4.79 Å². The van der Waals surface area contributed by atoms with E-state index in [1.165, 1.54) is 19.2 Å². The maximum atomic E-state index is 13.4. The van der Waals surface area contributed by atoms with Crippen molar-refractivity contribution in [3.05, 3.63) is 63.9 Å². The number of nitriles is 1. The zero-order valence-electron chi connectivity index (χ0n) is 11.1. The van der Waals surface area contributed by atoms with E-state index in [4.69, 9.17) is 4.74 Å². The number of ether oxygens (including phenoxy) is 1. The minimum Gasteiger partial charge on any atom is -0.494 e. The topological polar surface area (TPSA) is 50.1 Å².